The van der Waals surface area contributed by atoms with Crippen LogP contribution in [0.4, 0.5) is 14.5 Å². The van der Waals surface area contributed by atoms with Crippen LogP contribution in [0.5, 0.6) is 0 Å². The smallest absolute Gasteiger partial charge is 0.123 e. The van der Waals surface area contributed by atoms with Crippen molar-refractivity contribution in [2.45, 2.75) is 19.5 Å². The molecule has 0 saturated carbocycles. The predicted molar refractivity (Wildman–Crippen MR) is 82.4 cm³/mol. The standard InChI is InChI=1S/C17H20F2N2/c1-12(20-2)16-10-15(19)8-9-17(16)21(3)11-13-4-6-14(18)7-5-13/h4-10,12,20H,11H2,1-3H3. The van der Waals surface area contributed by atoms with Crippen molar-refractivity contribution in [3.05, 3.63) is 65.2 Å². The molecule has 0 bridgehead atoms. The van der Waals surface area contributed by atoms with Gasteiger partial charge in [0, 0.05) is 25.3 Å². The Morgan fingerprint density at radius 3 is 2.29 bits per heavy atom. The van der Waals surface area contributed by atoms with Crippen molar-refractivity contribution in [3.8, 4) is 0 Å². The van der Waals surface area contributed by atoms with Crippen LogP contribution in [0.3, 0.4) is 0 Å². The van der Waals surface area contributed by atoms with Crippen molar-refractivity contribution in [1.29, 1.82) is 0 Å². The van der Waals surface area contributed by atoms with E-state index in [1.807, 2.05) is 25.9 Å². The maximum absolute atomic E-state index is 13.5. The molecule has 4 heteroatoms. The molecule has 0 heterocycles. The van der Waals surface area contributed by atoms with Gasteiger partial charge in [-0.25, -0.2) is 8.78 Å². The Balaban J connectivity index is 2.26. The third-order valence-corrected chi connectivity index (χ3v) is 3.63. The summed E-state index contributed by atoms with van der Waals surface area (Å²) >= 11 is 0. The van der Waals surface area contributed by atoms with Gasteiger partial charge in [0.25, 0.3) is 0 Å². The second kappa shape index (κ2) is 6.68. The molecule has 0 aliphatic rings. The van der Waals surface area contributed by atoms with Crippen LogP contribution in [-0.4, -0.2) is 14.1 Å². The molecule has 21 heavy (non-hydrogen) atoms. The Morgan fingerprint density at radius 1 is 1.05 bits per heavy atom. The highest BCUT2D eigenvalue weighted by Crippen LogP contribution is 2.27. The summed E-state index contributed by atoms with van der Waals surface area (Å²) in [4.78, 5) is 2.04. The maximum Gasteiger partial charge on any atom is 0.123 e. The molecule has 1 N–H and O–H groups in total. The monoisotopic (exact) mass is 290 g/mol. The SMILES string of the molecule is CNC(C)c1cc(F)ccc1N(C)Cc1ccc(F)cc1. The quantitative estimate of drug-likeness (QED) is 0.899. The average Bonchev–Trinajstić information content (AvgIpc) is 2.48. The molecular formula is C17H20F2N2. The Labute approximate surface area is 124 Å². The van der Waals surface area contributed by atoms with Gasteiger partial charge in [-0.1, -0.05) is 12.1 Å². The second-order valence-electron chi connectivity index (χ2n) is 5.20. The molecule has 0 radical (unpaired) electrons. The Kier molecular flexibility index (Phi) is 4.91. The molecule has 0 aliphatic carbocycles. The lowest BCUT2D eigenvalue weighted by atomic mass is 10.0. The number of hydrogen-bond donors (Lipinski definition) is 1. The van der Waals surface area contributed by atoms with Gasteiger partial charge in [-0.05, 0) is 55.4 Å². The third-order valence-electron chi connectivity index (χ3n) is 3.63. The Bertz CT molecular complexity index is 596. The molecule has 0 saturated heterocycles. The third kappa shape index (κ3) is 3.79. The fourth-order valence-electron chi connectivity index (χ4n) is 2.32. The summed E-state index contributed by atoms with van der Waals surface area (Å²) in [6.07, 6.45) is 0. The van der Waals surface area contributed by atoms with Crippen molar-refractivity contribution in [2.75, 3.05) is 19.0 Å². The highest BCUT2D eigenvalue weighted by Gasteiger charge is 2.13. The lowest BCUT2D eigenvalue weighted by Crippen LogP contribution is -2.21. The van der Waals surface area contributed by atoms with Crippen molar-refractivity contribution < 1.29 is 8.78 Å². The molecule has 112 valence electrons. The summed E-state index contributed by atoms with van der Waals surface area (Å²) in [5, 5.41) is 3.13. The second-order valence-corrected chi connectivity index (χ2v) is 5.20. The van der Waals surface area contributed by atoms with Crippen LogP contribution in [0.2, 0.25) is 0 Å². The lowest BCUT2D eigenvalue weighted by molar-refractivity contribution is 0.607. The van der Waals surface area contributed by atoms with Crippen molar-refractivity contribution >= 4 is 5.69 Å². The van der Waals surface area contributed by atoms with Crippen LogP contribution in [-0.2, 0) is 6.54 Å². The first-order valence-electron chi connectivity index (χ1n) is 6.93. The zero-order valence-corrected chi connectivity index (χ0v) is 12.5. The van der Waals surface area contributed by atoms with Gasteiger partial charge < -0.3 is 10.2 Å². The largest absolute Gasteiger partial charge is 0.370 e. The zero-order valence-electron chi connectivity index (χ0n) is 12.5. The average molecular weight is 290 g/mol. The topological polar surface area (TPSA) is 15.3 Å². The van der Waals surface area contributed by atoms with E-state index < -0.39 is 0 Å². The first kappa shape index (κ1) is 15.4. The minimum atomic E-state index is -0.244. The van der Waals surface area contributed by atoms with E-state index in [1.54, 1.807) is 24.3 Å². The molecule has 0 aliphatic heterocycles. The van der Waals surface area contributed by atoms with E-state index in [1.165, 1.54) is 18.2 Å². The van der Waals surface area contributed by atoms with Crippen LogP contribution < -0.4 is 10.2 Å². The minimum Gasteiger partial charge on any atom is -0.370 e. The number of anilines is 1. The van der Waals surface area contributed by atoms with Gasteiger partial charge in [0.15, 0.2) is 0 Å². The fraction of sp³-hybridized carbons (Fsp3) is 0.294. The highest BCUT2D eigenvalue weighted by molar-refractivity contribution is 5.55. The minimum absolute atomic E-state index is 0.0476. The summed E-state index contributed by atoms with van der Waals surface area (Å²) in [5.74, 6) is -0.487. The first-order valence-corrected chi connectivity index (χ1v) is 6.93. The number of nitrogens with one attached hydrogen (secondary N) is 1. The van der Waals surface area contributed by atoms with Gasteiger partial charge in [-0.15, -0.1) is 0 Å². The fourth-order valence-corrected chi connectivity index (χ4v) is 2.32. The van der Waals surface area contributed by atoms with E-state index in [2.05, 4.69) is 5.32 Å². The van der Waals surface area contributed by atoms with Crippen LogP contribution >= 0.6 is 0 Å². The Morgan fingerprint density at radius 2 is 1.67 bits per heavy atom. The molecule has 2 rings (SSSR count). The van der Waals surface area contributed by atoms with E-state index in [9.17, 15) is 8.78 Å². The number of rotatable bonds is 5. The summed E-state index contributed by atoms with van der Waals surface area (Å²) in [5.41, 5.74) is 2.87. The first-order chi connectivity index (χ1) is 10.0. The van der Waals surface area contributed by atoms with E-state index >= 15 is 0 Å². The molecule has 1 atom stereocenters. The molecule has 2 aromatic rings. The van der Waals surface area contributed by atoms with Gasteiger partial charge in [-0.2, -0.15) is 0 Å². The van der Waals surface area contributed by atoms with Gasteiger partial charge in [0.2, 0.25) is 0 Å². The van der Waals surface area contributed by atoms with E-state index in [-0.39, 0.29) is 17.7 Å². The van der Waals surface area contributed by atoms with Gasteiger partial charge in [0.1, 0.15) is 11.6 Å². The molecular weight excluding hydrogens is 270 g/mol. The molecule has 2 aromatic carbocycles. The summed E-state index contributed by atoms with van der Waals surface area (Å²) in [7, 11) is 3.79. The summed E-state index contributed by atoms with van der Waals surface area (Å²) < 4.78 is 26.4. The number of hydrogen-bond acceptors (Lipinski definition) is 2. The Hall–Kier alpha value is -1.94. The van der Waals surface area contributed by atoms with E-state index in [4.69, 9.17) is 0 Å². The maximum atomic E-state index is 13.5. The molecule has 0 aromatic heterocycles. The molecule has 0 amide bonds. The summed E-state index contributed by atoms with van der Waals surface area (Å²) in [6, 6.07) is 11.3. The normalized spacial score (nSPS) is 12.2. The van der Waals surface area contributed by atoms with Crippen molar-refractivity contribution in [1.82, 2.24) is 5.32 Å². The lowest BCUT2D eigenvalue weighted by Gasteiger charge is -2.25. The van der Waals surface area contributed by atoms with E-state index in [0.29, 0.717) is 6.54 Å². The van der Waals surface area contributed by atoms with Gasteiger partial charge in [0.05, 0.1) is 0 Å². The molecule has 0 spiro atoms. The van der Waals surface area contributed by atoms with Crippen LogP contribution in [0.25, 0.3) is 0 Å². The highest BCUT2D eigenvalue weighted by atomic mass is 19.1. The van der Waals surface area contributed by atoms with Crippen molar-refractivity contribution in [2.24, 2.45) is 0 Å². The van der Waals surface area contributed by atoms with Gasteiger partial charge >= 0.3 is 0 Å². The van der Waals surface area contributed by atoms with E-state index in [0.717, 1.165) is 16.8 Å². The van der Waals surface area contributed by atoms with Crippen LogP contribution in [0.15, 0.2) is 42.5 Å². The van der Waals surface area contributed by atoms with Crippen LogP contribution in [0, 0.1) is 11.6 Å². The molecule has 1 unspecified atom stereocenters. The van der Waals surface area contributed by atoms with Crippen LogP contribution in [0.1, 0.15) is 24.1 Å². The predicted octanol–water partition coefficient (Wildman–Crippen LogP) is 3.88. The molecule has 2 nitrogen and oxygen atoms in total. The number of nitrogens with zero attached hydrogens (tertiary/aromatic N) is 1. The van der Waals surface area contributed by atoms with Crippen molar-refractivity contribution in [3.63, 3.8) is 0 Å². The number of halogens is 2. The summed E-state index contributed by atoms with van der Waals surface area (Å²) in [6.45, 7) is 2.62. The zero-order chi connectivity index (χ0) is 15.4. The molecule has 0 fully saturated rings. The van der Waals surface area contributed by atoms with Gasteiger partial charge in [-0.3, -0.25) is 0 Å². The number of benzene rings is 2.